The Bertz CT molecular complexity index is 781. The Morgan fingerprint density at radius 1 is 1.24 bits per heavy atom. The average molecular weight is 362 g/mol. The van der Waals surface area contributed by atoms with Gasteiger partial charge < -0.3 is 10.4 Å². The minimum absolute atomic E-state index is 0.346. The largest absolute Gasteiger partial charge is 0.480 e. The lowest BCUT2D eigenvalue weighted by Crippen LogP contribution is -2.55. The summed E-state index contributed by atoms with van der Waals surface area (Å²) < 4.78 is 1.62. The Labute approximate surface area is 150 Å². The molecule has 25 heavy (non-hydrogen) atoms. The Morgan fingerprint density at radius 2 is 1.96 bits per heavy atom. The highest BCUT2D eigenvalue weighted by atomic mass is 35.5. The molecule has 2 aromatic rings. The van der Waals surface area contributed by atoms with Gasteiger partial charge in [0.15, 0.2) is 0 Å². The molecule has 3 rings (SSSR count). The number of aromatic nitrogens is 2. The first-order valence-electron chi connectivity index (χ1n) is 8.32. The van der Waals surface area contributed by atoms with Crippen LogP contribution in [0.5, 0.6) is 0 Å². The number of nitrogens with one attached hydrogen (secondary N) is 1. The quantitative estimate of drug-likeness (QED) is 0.857. The summed E-state index contributed by atoms with van der Waals surface area (Å²) in [6.07, 6.45) is 6.59. The van der Waals surface area contributed by atoms with Gasteiger partial charge in [0.25, 0.3) is 5.91 Å². The summed E-state index contributed by atoms with van der Waals surface area (Å²) in [6, 6.07) is 7.43. The molecule has 1 aliphatic rings. The fourth-order valence-corrected chi connectivity index (χ4v) is 3.40. The van der Waals surface area contributed by atoms with Gasteiger partial charge in [0, 0.05) is 11.2 Å². The van der Waals surface area contributed by atoms with Gasteiger partial charge in [0.05, 0.1) is 18.3 Å². The van der Waals surface area contributed by atoms with Crippen molar-refractivity contribution in [3.05, 3.63) is 52.8 Å². The molecule has 1 aliphatic carbocycles. The van der Waals surface area contributed by atoms with Crippen LogP contribution in [-0.4, -0.2) is 32.3 Å². The first-order chi connectivity index (χ1) is 12.0. The summed E-state index contributed by atoms with van der Waals surface area (Å²) in [6.45, 7) is 0.441. The van der Waals surface area contributed by atoms with Crippen molar-refractivity contribution in [2.75, 3.05) is 0 Å². The topological polar surface area (TPSA) is 84.2 Å². The van der Waals surface area contributed by atoms with Crippen LogP contribution >= 0.6 is 11.6 Å². The van der Waals surface area contributed by atoms with Crippen molar-refractivity contribution in [2.24, 2.45) is 0 Å². The minimum atomic E-state index is -1.17. The first kappa shape index (κ1) is 17.5. The van der Waals surface area contributed by atoms with E-state index < -0.39 is 17.4 Å². The molecule has 1 aromatic carbocycles. The van der Waals surface area contributed by atoms with Crippen LogP contribution in [0.2, 0.25) is 5.02 Å². The van der Waals surface area contributed by atoms with Gasteiger partial charge in [-0.25, -0.2) is 4.79 Å². The molecule has 1 aromatic heterocycles. The number of nitrogens with zero attached hydrogens (tertiary/aromatic N) is 2. The van der Waals surface area contributed by atoms with Crippen molar-refractivity contribution >= 4 is 23.5 Å². The Kier molecular flexibility index (Phi) is 5.08. The van der Waals surface area contributed by atoms with Gasteiger partial charge in [0.2, 0.25) is 0 Å². The molecule has 1 fully saturated rings. The summed E-state index contributed by atoms with van der Waals surface area (Å²) in [7, 11) is 0. The highest BCUT2D eigenvalue weighted by molar-refractivity contribution is 6.31. The second-order valence-electron chi connectivity index (χ2n) is 6.42. The van der Waals surface area contributed by atoms with Crippen LogP contribution in [-0.2, 0) is 11.3 Å². The van der Waals surface area contributed by atoms with Crippen molar-refractivity contribution in [3.8, 4) is 0 Å². The van der Waals surface area contributed by atoms with Gasteiger partial charge in [-0.15, -0.1) is 0 Å². The number of carbonyl (C=O) groups is 2. The van der Waals surface area contributed by atoms with Gasteiger partial charge in [-0.3, -0.25) is 9.48 Å². The highest BCUT2D eigenvalue weighted by Crippen LogP contribution is 2.29. The minimum Gasteiger partial charge on any atom is -0.480 e. The van der Waals surface area contributed by atoms with E-state index >= 15 is 0 Å². The van der Waals surface area contributed by atoms with Gasteiger partial charge in [-0.1, -0.05) is 49.1 Å². The van der Waals surface area contributed by atoms with E-state index in [1.807, 2.05) is 18.2 Å². The van der Waals surface area contributed by atoms with Crippen molar-refractivity contribution in [2.45, 2.75) is 44.2 Å². The molecule has 0 atom stereocenters. The van der Waals surface area contributed by atoms with Crippen LogP contribution in [0.4, 0.5) is 0 Å². The molecule has 2 N–H and O–H groups in total. The predicted octanol–water partition coefficient (Wildman–Crippen LogP) is 3.10. The third-order valence-electron chi connectivity index (χ3n) is 4.65. The molecule has 0 unspecified atom stereocenters. The Hall–Kier alpha value is -2.34. The molecule has 6 nitrogen and oxygen atoms in total. The van der Waals surface area contributed by atoms with Crippen molar-refractivity contribution in [3.63, 3.8) is 0 Å². The zero-order valence-corrected chi connectivity index (χ0v) is 14.5. The lowest BCUT2D eigenvalue weighted by Gasteiger charge is -2.33. The summed E-state index contributed by atoms with van der Waals surface area (Å²) in [5.74, 6) is -1.38. The second-order valence-corrected chi connectivity index (χ2v) is 6.83. The maximum Gasteiger partial charge on any atom is 0.329 e. The van der Waals surface area contributed by atoms with Crippen LogP contribution in [0.3, 0.4) is 0 Å². The highest BCUT2D eigenvalue weighted by Gasteiger charge is 2.41. The third kappa shape index (κ3) is 3.85. The normalized spacial score (nSPS) is 16.4. The number of rotatable bonds is 5. The Balaban J connectivity index is 1.72. The molecule has 0 spiro atoms. The number of carbonyl (C=O) groups excluding carboxylic acids is 1. The van der Waals surface area contributed by atoms with Crippen molar-refractivity contribution in [1.82, 2.24) is 15.1 Å². The van der Waals surface area contributed by atoms with E-state index in [4.69, 9.17) is 11.6 Å². The second kappa shape index (κ2) is 7.27. The van der Waals surface area contributed by atoms with Crippen LogP contribution < -0.4 is 5.32 Å². The van der Waals surface area contributed by atoms with E-state index in [0.717, 1.165) is 24.8 Å². The van der Waals surface area contributed by atoms with E-state index in [1.54, 1.807) is 16.9 Å². The van der Waals surface area contributed by atoms with E-state index in [0.29, 0.717) is 30.0 Å². The summed E-state index contributed by atoms with van der Waals surface area (Å²) in [4.78, 5) is 24.2. The lowest BCUT2D eigenvalue weighted by molar-refractivity contribution is -0.145. The molecule has 1 saturated carbocycles. The first-order valence-corrected chi connectivity index (χ1v) is 8.70. The number of carboxylic acid groups (broad SMARTS) is 1. The molecule has 0 aliphatic heterocycles. The molecule has 1 heterocycles. The number of hydrogen-bond acceptors (Lipinski definition) is 3. The van der Waals surface area contributed by atoms with Gasteiger partial charge in [-0.05, 0) is 24.5 Å². The molecular formula is C18H20ClN3O3. The maximum absolute atomic E-state index is 12.5. The van der Waals surface area contributed by atoms with Crippen molar-refractivity contribution in [1.29, 1.82) is 0 Å². The lowest BCUT2D eigenvalue weighted by atomic mass is 9.81. The molecule has 132 valence electrons. The standard InChI is InChI=1S/C18H20ClN3O3/c19-15-7-3-2-6-13(15)11-22-12-14(10-20-22)16(23)21-18(17(24)25)8-4-1-5-9-18/h2-3,6-7,10,12H,1,4-5,8-9,11H2,(H,21,23)(H,24,25). The third-order valence-corrected chi connectivity index (χ3v) is 5.02. The van der Waals surface area contributed by atoms with E-state index in [1.165, 1.54) is 6.20 Å². The number of amides is 1. The molecular weight excluding hydrogens is 342 g/mol. The predicted molar refractivity (Wildman–Crippen MR) is 93.7 cm³/mol. The molecule has 0 saturated heterocycles. The number of carboxylic acids is 1. The molecule has 0 bridgehead atoms. The fraction of sp³-hybridized carbons (Fsp3) is 0.389. The zero-order valence-electron chi connectivity index (χ0n) is 13.7. The summed E-state index contributed by atoms with van der Waals surface area (Å²) >= 11 is 6.14. The summed E-state index contributed by atoms with van der Waals surface area (Å²) in [5.41, 5.74) is 0.0759. The monoisotopic (exact) mass is 361 g/mol. The van der Waals surface area contributed by atoms with Crippen LogP contribution in [0.25, 0.3) is 0 Å². The van der Waals surface area contributed by atoms with Gasteiger partial charge in [0.1, 0.15) is 5.54 Å². The number of aliphatic carboxylic acids is 1. The number of benzene rings is 1. The van der Waals surface area contributed by atoms with Gasteiger partial charge >= 0.3 is 5.97 Å². The number of halogens is 1. The molecule has 0 radical (unpaired) electrons. The SMILES string of the molecule is O=C(NC1(C(=O)O)CCCCC1)c1cnn(Cc2ccccc2Cl)c1. The summed E-state index contributed by atoms with van der Waals surface area (Å²) in [5, 5.41) is 17.1. The van der Waals surface area contributed by atoms with Gasteiger partial charge in [-0.2, -0.15) is 5.10 Å². The van der Waals surface area contributed by atoms with E-state index in [9.17, 15) is 14.7 Å². The smallest absolute Gasteiger partial charge is 0.329 e. The Morgan fingerprint density at radius 3 is 2.64 bits per heavy atom. The molecule has 7 heteroatoms. The zero-order chi connectivity index (χ0) is 17.9. The molecule has 1 amide bonds. The van der Waals surface area contributed by atoms with Crippen LogP contribution in [0.15, 0.2) is 36.7 Å². The van der Waals surface area contributed by atoms with Crippen LogP contribution in [0.1, 0.15) is 48.0 Å². The number of hydrogen-bond donors (Lipinski definition) is 2. The van der Waals surface area contributed by atoms with E-state index in [-0.39, 0.29) is 0 Å². The maximum atomic E-state index is 12.5. The van der Waals surface area contributed by atoms with Crippen molar-refractivity contribution < 1.29 is 14.7 Å². The fourth-order valence-electron chi connectivity index (χ4n) is 3.21. The average Bonchev–Trinajstić information content (AvgIpc) is 3.06. The van der Waals surface area contributed by atoms with E-state index in [2.05, 4.69) is 10.4 Å². The van der Waals surface area contributed by atoms with Crippen LogP contribution in [0, 0.1) is 0 Å².